The molecule has 6 nitrogen and oxygen atoms in total. The summed E-state index contributed by atoms with van der Waals surface area (Å²) in [6.45, 7) is 8.91. The monoisotopic (exact) mass is 218 g/mol. The molecule has 7 N–H and O–H groups in total. The number of nitrogens with two attached hydrogens (primary N) is 2. The van der Waals surface area contributed by atoms with Gasteiger partial charge in [0.25, 0.3) is 0 Å². The Morgan fingerprint density at radius 2 is 1.53 bits per heavy atom. The van der Waals surface area contributed by atoms with Crippen molar-refractivity contribution in [2.24, 2.45) is 11.7 Å². The second-order valence-electron chi connectivity index (χ2n) is 3.50. The molecule has 0 amide bonds. The van der Waals surface area contributed by atoms with Gasteiger partial charge in [-0.05, 0) is 13.0 Å². The first-order valence-corrected chi connectivity index (χ1v) is 5.65. The van der Waals surface area contributed by atoms with Crippen molar-refractivity contribution < 1.29 is 0 Å². The molecular formula is C9H26N6. The zero-order valence-electron chi connectivity index (χ0n) is 9.76. The summed E-state index contributed by atoms with van der Waals surface area (Å²) in [5, 5.41) is 3.32. The Morgan fingerprint density at radius 1 is 0.867 bits per heavy atom. The lowest BCUT2D eigenvalue weighted by Crippen LogP contribution is -2.40. The molecule has 0 aliphatic heterocycles. The van der Waals surface area contributed by atoms with Gasteiger partial charge in [-0.15, -0.1) is 0 Å². The molecule has 92 valence electrons. The van der Waals surface area contributed by atoms with E-state index >= 15 is 0 Å². The van der Waals surface area contributed by atoms with Crippen molar-refractivity contribution in [3.8, 4) is 0 Å². The van der Waals surface area contributed by atoms with E-state index in [4.69, 9.17) is 11.7 Å². The molecule has 0 saturated heterocycles. The first-order chi connectivity index (χ1) is 7.35. The van der Waals surface area contributed by atoms with Crippen molar-refractivity contribution in [2.75, 3.05) is 45.8 Å². The highest BCUT2D eigenvalue weighted by Crippen LogP contribution is 1.88. The van der Waals surface area contributed by atoms with Gasteiger partial charge in [-0.3, -0.25) is 22.5 Å². The topological polar surface area (TPSA) is 91.4 Å². The van der Waals surface area contributed by atoms with Crippen LogP contribution in [0.2, 0.25) is 0 Å². The van der Waals surface area contributed by atoms with Crippen molar-refractivity contribution >= 4 is 0 Å². The van der Waals surface area contributed by atoms with Gasteiger partial charge in [-0.1, -0.05) is 6.92 Å². The third-order valence-electron chi connectivity index (χ3n) is 2.16. The van der Waals surface area contributed by atoms with Gasteiger partial charge in [-0.25, -0.2) is 0 Å². The maximum absolute atomic E-state index is 5.25. The Kier molecular flexibility index (Phi) is 11.6. The minimum Gasteiger partial charge on any atom is -0.314 e. The van der Waals surface area contributed by atoms with Crippen molar-refractivity contribution in [1.29, 1.82) is 0 Å². The summed E-state index contributed by atoms with van der Waals surface area (Å²) in [5.74, 6) is 10.4. The van der Waals surface area contributed by atoms with Gasteiger partial charge in [0.15, 0.2) is 0 Å². The van der Waals surface area contributed by atoms with Gasteiger partial charge in [0.1, 0.15) is 0 Å². The van der Waals surface area contributed by atoms with Crippen LogP contribution >= 0.6 is 0 Å². The zero-order valence-corrected chi connectivity index (χ0v) is 9.76. The highest BCUT2D eigenvalue weighted by atomic mass is 15.2. The molecule has 6 heteroatoms. The van der Waals surface area contributed by atoms with Crippen LogP contribution in [-0.2, 0) is 0 Å². The summed E-state index contributed by atoms with van der Waals surface area (Å²) in [6, 6.07) is 0. The van der Waals surface area contributed by atoms with Crippen LogP contribution in [0.3, 0.4) is 0 Å². The molecule has 0 radical (unpaired) electrons. The normalized spacial score (nSPS) is 11.2. The van der Waals surface area contributed by atoms with Crippen LogP contribution in [0.25, 0.3) is 0 Å². The Hall–Kier alpha value is -0.240. The summed E-state index contributed by atoms with van der Waals surface area (Å²) in [7, 11) is 0. The summed E-state index contributed by atoms with van der Waals surface area (Å²) >= 11 is 0. The minimum absolute atomic E-state index is 0.804. The maximum atomic E-state index is 5.25. The largest absolute Gasteiger partial charge is 0.314 e. The van der Waals surface area contributed by atoms with Crippen LogP contribution in [0.1, 0.15) is 13.3 Å². The van der Waals surface area contributed by atoms with Crippen LogP contribution in [0.15, 0.2) is 0 Å². The van der Waals surface area contributed by atoms with Crippen LogP contribution in [0.5, 0.6) is 0 Å². The minimum atomic E-state index is 0.804. The molecule has 0 aromatic rings. The Bertz CT molecular complexity index is 121. The Labute approximate surface area is 92.7 Å². The number of hydrazine groups is 2. The molecule has 0 spiro atoms. The molecule has 15 heavy (non-hydrogen) atoms. The summed E-state index contributed by atoms with van der Waals surface area (Å²) in [5.41, 5.74) is 5.29. The SMILES string of the molecule is CCCN(CCNN)CCNCCNN. The van der Waals surface area contributed by atoms with E-state index in [2.05, 4.69) is 28.0 Å². The third-order valence-corrected chi connectivity index (χ3v) is 2.16. The van der Waals surface area contributed by atoms with Gasteiger partial charge in [0, 0.05) is 39.3 Å². The fourth-order valence-electron chi connectivity index (χ4n) is 1.40. The standard InChI is InChI=1S/C9H26N6/c1-2-7-15(9-6-14-11)8-5-12-3-4-13-10/h12-14H,2-11H2,1H3. The van der Waals surface area contributed by atoms with Crippen LogP contribution < -0.4 is 27.9 Å². The lowest BCUT2D eigenvalue weighted by atomic mass is 10.4. The lowest BCUT2D eigenvalue weighted by Gasteiger charge is -2.21. The quantitative estimate of drug-likeness (QED) is 0.160. The molecule has 0 unspecified atom stereocenters. The molecule has 0 saturated carbocycles. The van der Waals surface area contributed by atoms with Crippen molar-refractivity contribution in [2.45, 2.75) is 13.3 Å². The molecule has 0 aliphatic carbocycles. The summed E-state index contributed by atoms with van der Waals surface area (Å²) in [6.07, 6.45) is 1.18. The molecule has 0 heterocycles. The second kappa shape index (κ2) is 11.8. The highest BCUT2D eigenvalue weighted by molar-refractivity contribution is 4.60. The molecule has 0 aromatic carbocycles. The number of nitrogens with zero attached hydrogens (tertiary/aromatic N) is 1. The van der Waals surface area contributed by atoms with Crippen LogP contribution in [0.4, 0.5) is 0 Å². The van der Waals surface area contributed by atoms with Gasteiger partial charge in [-0.2, -0.15) is 0 Å². The second-order valence-corrected chi connectivity index (χ2v) is 3.50. The predicted octanol–water partition coefficient (Wildman–Crippen LogP) is -1.79. The molecule has 0 fully saturated rings. The van der Waals surface area contributed by atoms with Gasteiger partial charge in [0.05, 0.1) is 0 Å². The molecule has 0 rings (SSSR count). The fourth-order valence-corrected chi connectivity index (χ4v) is 1.40. The molecule has 0 aromatic heterocycles. The van der Waals surface area contributed by atoms with Gasteiger partial charge < -0.3 is 10.2 Å². The van der Waals surface area contributed by atoms with Crippen LogP contribution in [-0.4, -0.2) is 50.7 Å². The van der Waals surface area contributed by atoms with E-state index in [1.54, 1.807) is 0 Å². The average Bonchev–Trinajstić information content (AvgIpc) is 2.25. The van der Waals surface area contributed by atoms with Crippen molar-refractivity contribution in [3.63, 3.8) is 0 Å². The fraction of sp³-hybridized carbons (Fsp3) is 1.00. The van der Waals surface area contributed by atoms with E-state index in [9.17, 15) is 0 Å². The maximum Gasteiger partial charge on any atom is 0.0225 e. The molecule has 0 aliphatic rings. The van der Waals surface area contributed by atoms with Crippen LogP contribution in [0, 0.1) is 0 Å². The summed E-state index contributed by atoms with van der Waals surface area (Å²) in [4.78, 5) is 2.39. The molecular weight excluding hydrogens is 192 g/mol. The lowest BCUT2D eigenvalue weighted by molar-refractivity contribution is 0.273. The average molecular weight is 218 g/mol. The molecule has 0 bridgehead atoms. The van der Waals surface area contributed by atoms with E-state index in [0.717, 1.165) is 45.8 Å². The number of hydrogen-bond donors (Lipinski definition) is 5. The van der Waals surface area contributed by atoms with E-state index in [-0.39, 0.29) is 0 Å². The first-order valence-electron chi connectivity index (χ1n) is 5.65. The predicted molar refractivity (Wildman–Crippen MR) is 64.0 cm³/mol. The number of nitrogens with one attached hydrogen (secondary N) is 3. The summed E-state index contributed by atoms with van der Waals surface area (Å²) < 4.78 is 0. The van der Waals surface area contributed by atoms with E-state index < -0.39 is 0 Å². The third kappa shape index (κ3) is 10.1. The smallest absolute Gasteiger partial charge is 0.0225 e. The van der Waals surface area contributed by atoms with Crippen molar-refractivity contribution in [1.82, 2.24) is 21.1 Å². The first kappa shape index (κ1) is 14.8. The number of hydrogen-bond acceptors (Lipinski definition) is 6. The molecule has 0 atom stereocenters. The Morgan fingerprint density at radius 3 is 2.13 bits per heavy atom. The Balaban J connectivity index is 3.38. The van der Waals surface area contributed by atoms with Gasteiger partial charge in [0.2, 0.25) is 0 Å². The van der Waals surface area contributed by atoms with Gasteiger partial charge >= 0.3 is 0 Å². The van der Waals surface area contributed by atoms with Crippen molar-refractivity contribution in [3.05, 3.63) is 0 Å². The van der Waals surface area contributed by atoms with E-state index in [0.29, 0.717) is 0 Å². The highest BCUT2D eigenvalue weighted by Gasteiger charge is 2.01. The number of rotatable bonds is 11. The van der Waals surface area contributed by atoms with E-state index in [1.807, 2.05) is 0 Å². The zero-order chi connectivity index (χ0) is 11.4. The van der Waals surface area contributed by atoms with E-state index in [1.165, 1.54) is 6.42 Å².